The van der Waals surface area contributed by atoms with Gasteiger partial charge in [0.2, 0.25) is 0 Å². The summed E-state index contributed by atoms with van der Waals surface area (Å²) in [6.07, 6.45) is -3.28. The Kier molecular flexibility index (Phi) is 4.88. The Hall–Kier alpha value is -1.27. The number of alkyl halides is 3. The van der Waals surface area contributed by atoms with Crippen LogP contribution in [-0.4, -0.2) is 37.3 Å². The summed E-state index contributed by atoms with van der Waals surface area (Å²) >= 11 is 0. The van der Waals surface area contributed by atoms with Gasteiger partial charge in [0.15, 0.2) is 0 Å². The topological polar surface area (TPSA) is 41.3 Å². The van der Waals surface area contributed by atoms with Crippen LogP contribution >= 0.6 is 0 Å². The van der Waals surface area contributed by atoms with E-state index in [1.807, 2.05) is 24.3 Å². The van der Waals surface area contributed by atoms with Crippen LogP contribution in [0.25, 0.3) is 0 Å². The van der Waals surface area contributed by atoms with Gasteiger partial charge in [-0.15, -0.1) is 0 Å². The van der Waals surface area contributed by atoms with E-state index in [9.17, 15) is 13.2 Å². The molecule has 0 amide bonds. The van der Waals surface area contributed by atoms with E-state index in [4.69, 9.17) is 5.73 Å². The minimum atomic E-state index is -4.10. The summed E-state index contributed by atoms with van der Waals surface area (Å²) in [5.74, 6) is 0.280. The van der Waals surface area contributed by atoms with Crippen LogP contribution in [0.15, 0.2) is 24.3 Å². The number of para-hydroxylation sites is 1. The monoisotopic (exact) mass is 287 g/mol. The van der Waals surface area contributed by atoms with E-state index in [-0.39, 0.29) is 5.92 Å². The Morgan fingerprint density at radius 1 is 1.30 bits per heavy atom. The molecule has 0 aromatic heterocycles. The molecule has 1 saturated heterocycles. The van der Waals surface area contributed by atoms with Gasteiger partial charge < -0.3 is 11.1 Å². The van der Waals surface area contributed by atoms with Crippen molar-refractivity contribution >= 4 is 5.69 Å². The fourth-order valence-corrected chi connectivity index (χ4v) is 2.58. The highest BCUT2D eigenvalue weighted by molar-refractivity contribution is 5.46. The molecule has 1 aliphatic heterocycles. The average molecular weight is 287 g/mol. The Balaban J connectivity index is 1.70. The lowest BCUT2D eigenvalue weighted by Crippen LogP contribution is -2.33. The predicted octanol–water partition coefficient (Wildman–Crippen LogP) is 2.24. The lowest BCUT2D eigenvalue weighted by molar-refractivity contribution is -0.143. The van der Waals surface area contributed by atoms with E-state index in [1.54, 1.807) is 0 Å². The van der Waals surface area contributed by atoms with Crippen molar-refractivity contribution in [2.45, 2.75) is 19.1 Å². The van der Waals surface area contributed by atoms with Gasteiger partial charge in [-0.05, 0) is 37.1 Å². The zero-order valence-electron chi connectivity index (χ0n) is 11.3. The first kappa shape index (κ1) is 15.1. The average Bonchev–Trinajstić information content (AvgIpc) is 2.77. The molecule has 1 fully saturated rings. The number of nitrogens with zero attached hydrogens (tertiary/aromatic N) is 1. The molecule has 3 N–H and O–H groups in total. The molecule has 0 bridgehead atoms. The summed E-state index contributed by atoms with van der Waals surface area (Å²) in [6, 6.07) is 7.60. The number of benzene rings is 1. The number of hydrogen-bond donors (Lipinski definition) is 2. The molecule has 6 heteroatoms. The minimum absolute atomic E-state index is 0.280. The summed E-state index contributed by atoms with van der Waals surface area (Å²) in [4.78, 5) is 1.48. The summed E-state index contributed by atoms with van der Waals surface area (Å²) < 4.78 is 36.8. The molecule has 1 aromatic rings. The second-order valence-corrected chi connectivity index (χ2v) is 5.33. The van der Waals surface area contributed by atoms with Gasteiger partial charge >= 0.3 is 6.18 Å². The largest absolute Gasteiger partial charge is 0.401 e. The quantitative estimate of drug-likeness (QED) is 0.816. The third-order valence-corrected chi connectivity index (χ3v) is 3.58. The van der Waals surface area contributed by atoms with Crippen molar-refractivity contribution in [3.8, 4) is 0 Å². The minimum Gasteiger partial charge on any atom is -0.398 e. The summed E-state index contributed by atoms with van der Waals surface area (Å²) in [7, 11) is 0. The highest BCUT2D eigenvalue weighted by atomic mass is 19.4. The van der Waals surface area contributed by atoms with Crippen LogP contribution in [0.5, 0.6) is 0 Å². The number of hydrogen-bond acceptors (Lipinski definition) is 3. The molecular weight excluding hydrogens is 267 g/mol. The highest BCUT2D eigenvalue weighted by Crippen LogP contribution is 2.22. The molecule has 1 unspecified atom stereocenters. The molecule has 0 radical (unpaired) electrons. The molecule has 112 valence electrons. The second kappa shape index (κ2) is 6.45. The van der Waals surface area contributed by atoms with E-state index in [1.165, 1.54) is 4.90 Å². The van der Waals surface area contributed by atoms with Gasteiger partial charge in [-0.2, -0.15) is 13.2 Å². The first-order valence-electron chi connectivity index (χ1n) is 6.77. The first-order valence-corrected chi connectivity index (χ1v) is 6.77. The molecule has 0 saturated carbocycles. The summed E-state index contributed by atoms with van der Waals surface area (Å²) in [5.41, 5.74) is 7.60. The van der Waals surface area contributed by atoms with Gasteiger partial charge in [-0.1, -0.05) is 18.2 Å². The molecule has 0 spiro atoms. The zero-order chi connectivity index (χ0) is 14.6. The van der Waals surface area contributed by atoms with Crippen LogP contribution in [0.2, 0.25) is 0 Å². The van der Waals surface area contributed by atoms with Crippen molar-refractivity contribution in [2.75, 3.05) is 31.9 Å². The number of likely N-dealkylation sites (tertiary alicyclic amines) is 1. The summed E-state index contributed by atoms with van der Waals surface area (Å²) in [5, 5.41) is 3.28. The smallest absolute Gasteiger partial charge is 0.398 e. The van der Waals surface area contributed by atoms with Crippen molar-refractivity contribution in [1.82, 2.24) is 10.2 Å². The highest BCUT2D eigenvalue weighted by Gasteiger charge is 2.34. The number of rotatable bonds is 5. The van der Waals surface area contributed by atoms with Crippen LogP contribution in [0.1, 0.15) is 12.0 Å². The summed E-state index contributed by atoms with van der Waals surface area (Å²) in [6.45, 7) is 1.62. The zero-order valence-corrected chi connectivity index (χ0v) is 11.3. The Morgan fingerprint density at radius 3 is 2.75 bits per heavy atom. The number of halogens is 3. The van der Waals surface area contributed by atoms with Crippen LogP contribution in [0.4, 0.5) is 18.9 Å². The number of anilines is 1. The lowest BCUT2D eigenvalue weighted by Gasteiger charge is -2.18. The molecule has 3 nitrogen and oxygen atoms in total. The normalized spacial score (nSPS) is 20.4. The maximum absolute atomic E-state index is 12.3. The van der Waals surface area contributed by atoms with Crippen molar-refractivity contribution in [2.24, 2.45) is 5.92 Å². The fourth-order valence-electron chi connectivity index (χ4n) is 2.58. The van der Waals surface area contributed by atoms with E-state index in [2.05, 4.69) is 5.32 Å². The number of nitrogens with one attached hydrogen (secondary N) is 1. The fraction of sp³-hybridized carbons (Fsp3) is 0.571. The maximum atomic E-state index is 12.3. The number of nitrogen functional groups attached to an aromatic ring is 1. The van der Waals surface area contributed by atoms with E-state index >= 15 is 0 Å². The van der Waals surface area contributed by atoms with Gasteiger partial charge in [0.05, 0.1) is 6.54 Å². The Bertz CT molecular complexity index is 434. The molecule has 20 heavy (non-hydrogen) atoms. The van der Waals surface area contributed by atoms with Crippen molar-refractivity contribution in [3.63, 3.8) is 0 Å². The third-order valence-electron chi connectivity index (χ3n) is 3.58. The van der Waals surface area contributed by atoms with Crippen LogP contribution in [-0.2, 0) is 6.54 Å². The van der Waals surface area contributed by atoms with Gasteiger partial charge in [0, 0.05) is 18.8 Å². The molecule has 0 aliphatic carbocycles. The van der Waals surface area contributed by atoms with Gasteiger partial charge in [0.1, 0.15) is 0 Å². The van der Waals surface area contributed by atoms with Gasteiger partial charge in [-0.25, -0.2) is 0 Å². The SMILES string of the molecule is Nc1ccccc1CNCC1CCN(CC(F)(F)F)C1. The predicted molar refractivity (Wildman–Crippen MR) is 73.2 cm³/mol. The van der Waals surface area contributed by atoms with E-state index in [0.717, 1.165) is 24.2 Å². The molecule has 1 heterocycles. The molecule has 1 aliphatic rings. The van der Waals surface area contributed by atoms with Crippen LogP contribution in [0.3, 0.4) is 0 Å². The van der Waals surface area contributed by atoms with Crippen molar-refractivity contribution < 1.29 is 13.2 Å². The third kappa shape index (κ3) is 4.68. The van der Waals surface area contributed by atoms with E-state index in [0.29, 0.717) is 19.6 Å². The Morgan fingerprint density at radius 2 is 2.05 bits per heavy atom. The number of nitrogens with two attached hydrogens (primary N) is 1. The standard InChI is InChI=1S/C14H20F3N3/c15-14(16,17)10-20-6-5-11(9-20)7-19-8-12-3-1-2-4-13(12)18/h1-4,11,19H,5-10,18H2. The maximum Gasteiger partial charge on any atom is 0.401 e. The second-order valence-electron chi connectivity index (χ2n) is 5.33. The first-order chi connectivity index (χ1) is 9.44. The van der Waals surface area contributed by atoms with Crippen molar-refractivity contribution in [1.29, 1.82) is 0 Å². The van der Waals surface area contributed by atoms with Crippen LogP contribution in [0, 0.1) is 5.92 Å². The Labute approximate surface area is 116 Å². The van der Waals surface area contributed by atoms with E-state index < -0.39 is 12.7 Å². The van der Waals surface area contributed by atoms with Gasteiger partial charge in [-0.3, -0.25) is 4.90 Å². The van der Waals surface area contributed by atoms with Crippen LogP contribution < -0.4 is 11.1 Å². The molecular formula is C14H20F3N3. The molecule has 1 aromatic carbocycles. The van der Waals surface area contributed by atoms with Crippen molar-refractivity contribution in [3.05, 3.63) is 29.8 Å². The lowest BCUT2D eigenvalue weighted by atomic mass is 10.1. The molecule has 2 rings (SSSR count). The van der Waals surface area contributed by atoms with Gasteiger partial charge in [0.25, 0.3) is 0 Å². The molecule has 1 atom stereocenters.